The van der Waals surface area contributed by atoms with Crippen LogP contribution in [0.15, 0.2) is 20.2 Å². The zero-order valence-corrected chi connectivity index (χ0v) is 12.2. The van der Waals surface area contributed by atoms with E-state index >= 15 is 0 Å². The first-order valence-corrected chi connectivity index (χ1v) is 7.46. The predicted molar refractivity (Wildman–Crippen MR) is 59.4 cm³/mol. The van der Waals surface area contributed by atoms with Crippen LogP contribution in [0, 0.1) is 0 Å². The topological polar surface area (TPSA) is 56.3 Å². The van der Waals surface area contributed by atoms with E-state index in [0.717, 1.165) is 6.07 Å². The lowest BCUT2D eigenvalue weighted by atomic mass is 10.5. The molecule has 0 radical (unpaired) electrons. The van der Waals surface area contributed by atoms with Gasteiger partial charge < -0.3 is 4.74 Å². The molecule has 0 saturated heterocycles. The second-order valence-corrected chi connectivity index (χ2v) is 6.69. The highest BCUT2D eigenvalue weighted by molar-refractivity contribution is 9.11. The van der Waals surface area contributed by atoms with Crippen LogP contribution in [0.1, 0.15) is 0 Å². The number of hydrogen-bond donors (Lipinski definition) is 0. The van der Waals surface area contributed by atoms with Crippen molar-refractivity contribution in [2.75, 3.05) is 0 Å². The first-order chi connectivity index (χ1) is 7.50. The molecule has 0 saturated carbocycles. The smallest absolute Gasteiger partial charge is 0.401 e. The average Bonchev–Trinajstić information content (AvgIpc) is 2.05. The van der Waals surface area contributed by atoms with E-state index in [-0.39, 0.29) is 9.08 Å². The van der Waals surface area contributed by atoms with Gasteiger partial charge in [0.05, 0.1) is 4.47 Å². The molecule has 17 heavy (non-hydrogen) atoms. The lowest BCUT2D eigenvalue weighted by Gasteiger charge is -2.12. The molecule has 1 rings (SSSR count). The van der Waals surface area contributed by atoms with Crippen molar-refractivity contribution in [2.45, 2.75) is 11.4 Å². The van der Waals surface area contributed by atoms with Gasteiger partial charge in [0, 0.05) is 10.7 Å². The molecule has 1 aromatic heterocycles. The lowest BCUT2D eigenvalue weighted by molar-refractivity contribution is -0.276. The number of nitrogens with zero attached hydrogens (tertiary/aromatic N) is 1. The highest BCUT2D eigenvalue weighted by Gasteiger charge is 2.36. The molecule has 1 heterocycles. The van der Waals surface area contributed by atoms with Crippen LogP contribution < -0.4 is 4.74 Å². The number of ether oxygens (including phenoxy) is 1. The SMILES string of the molecule is O=S(=O)(Cl)c1nc(Br)cc(Br)c1OC(F)(F)F. The molecule has 0 N–H and O–H groups in total. The van der Waals surface area contributed by atoms with Crippen molar-refractivity contribution in [3.05, 3.63) is 15.1 Å². The van der Waals surface area contributed by atoms with Gasteiger partial charge in [-0.15, -0.1) is 13.2 Å². The third-order valence-electron chi connectivity index (χ3n) is 1.31. The van der Waals surface area contributed by atoms with Crippen molar-refractivity contribution in [3.63, 3.8) is 0 Å². The van der Waals surface area contributed by atoms with Crippen molar-refractivity contribution < 1.29 is 26.3 Å². The molecule has 0 amide bonds. The van der Waals surface area contributed by atoms with Gasteiger partial charge in [0.2, 0.25) is 5.03 Å². The minimum absolute atomic E-state index is 0.0156. The van der Waals surface area contributed by atoms with E-state index in [1.807, 2.05) is 0 Å². The van der Waals surface area contributed by atoms with Gasteiger partial charge >= 0.3 is 6.36 Å². The number of pyridine rings is 1. The Morgan fingerprint density at radius 1 is 1.35 bits per heavy atom. The maximum absolute atomic E-state index is 12.1. The minimum Gasteiger partial charge on any atom is -0.401 e. The monoisotopic (exact) mass is 417 g/mol. The van der Waals surface area contributed by atoms with Crippen LogP contribution >= 0.6 is 42.5 Å². The van der Waals surface area contributed by atoms with Gasteiger partial charge in [0.25, 0.3) is 9.05 Å². The summed E-state index contributed by atoms with van der Waals surface area (Å²) in [6.45, 7) is 0. The predicted octanol–water partition coefficient (Wildman–Crippen LogP) is 3.43. The molecule has 11 heteroatoms. The molecule has 96 valence electrons. The summed E-state index contributed by atoms with van der Waals surface area (Å²) in [5, 5.41) is -1.03. The van der Waals surface area contributed by atoms with Crippen molar-refractivity contribution in [1.82, 2.24) is 4.98 Å². The normalized spacial score (nSPS) is 12.6. The Hall–Kier alpha value is -0.0600. The highest BCUT2D eigenvalue weighted by Crippen LogP contribution is 2.37. The van der Waals surface area contributed by atoms with Crippen LogP contribution in [0.2, 0.25) is 0 Å². The Morgan fingerprint density at radius 2 is 1.88 bits per heavy atom. The Bertz CT molecular complexity index is 548. The number of rotatable bonds is 2. The zero-order valence-electron chi connectivity index (χ0n) is 7.43. The summed E-state index contributed by atoms with van der Waals surface area (Å²) in [6, 6.07) is 1.09. The molecular weight excluding hydrogens is 418 g/mol. The summed E-state index contributed by atoms with van der Waals surface area (Å²) in [6.07, 6.45) is -5.06. The molecule has 0 bridgehead atoms. The van der Waals surface area contributed by atoms with Crippen LogP contribution in [-0.4, -0.2) is 19.8 Å². The van der Waals surface area contributed by atoms with E-state index < -0.39 is 26.2 Å². The Morgan fingerprint density at radius 3 is 2.29 bits per heavy atom. The van der Waals surface area contributed by atoms with Crippen molar-refractivity contribution in [2.24, 2.45) is 0 Å². The minimum atomic E-state index is -5.06. The summed E-state index contributed by atoms with van der Waals surface area (Å²) in [5.74, 6) is -1.02. The van der Waals surface area contributed by atoms with Crippen molar-refractivity contribution in [3.8, 4) is 5.75 Å². The average molecular weight is 419 g/mol. The molecule has 0 aromatic carbocycles. The molecule has 0 aliphatic rings. The van der Waals surface area contributed by atoms with E-state index in [9.17, 15) is 21.6 Å². The fourth-order valence-electron chi connectivity index (χ4n) is 0.826. The second kappa shape index (κ2) is 4.90. The number of alkyl halides is 3. The van der Waals surface area contributed by atoms with Crippen molar-refractivity contribution >= 4 is 51.6 Å². The number of hydrogen-bond acceptors (Lipinski definition) is 4. The summed E-state index contributed by atoms with van der Waals surface area (Å²) < 4.78 is 61.6. The molecule has 0 spiro atoms. The van der Waals surface area contributed by atoms with Gasteiger partial charge in [-0.2, -0.15) is 0 Å². The van der Waals surface area contributed by atoms with Gasteiger partial charge in [-0.05, 0) is 37.9 Å². The van der Waals surface area contributed by atoms with Crippen LogP contribution in [0.5, 0.6) is 5.75 Å². The van der Waals surface area contributed by atoms with Crippen LogP contribution in [0.25, 0.3) is 0 Å². The summed E-state index contributed by atoms with van der Waals surface area (Å²) in [5.41, 5.74) is 0. The second-order valence-electron chi connectivity index (χ2n) is 2.55. The fourth-order valence-corrected chi connectivity index (χ4v) is 3.17. The first kappa shape index (κ1) is 15.0. The van der Waals surface area contributed by atoms with E-state index in [1.54, 1.807) is 0 Å². The molecular formula is C6HBr2ClF3NO3S. The van der Waals surface area contributed by atoms with Gasteiger partial charge in [0.1, 0.15) is 4.60 Å². The zero-order chi connectivity index (χ0) is 13.4. The van der Waals surface area contributed by atoms with Crippen LogP contribution in [0.3, 0.4) is 0 Å². The molecule has 0 aliphatic heterocycles. The van der Waals surface area contributed by atoms with E-state index in [4.69, 9.17) is 10.7 Å². The standard InChI is InChI=1S/C6HBr2ClF3NO3S/c7-2-1-3(8)13-5(17(9,14)15)4(2)16-6(10,11)12/h1H. The molecule has 0 atom stereocenters. The van der Waals surface area contributed by atoms with Gasteiger partial charge in [0.15, 0.2) is 5.75 Å². The molecule has 4 nitrogen and oxygen atoms in total. The maximum Gasteiger partial charge on any atom is 0.573 e. The summed E-state index contributed by atoms with van der Waals surface area (Å²) >= 11 is 5.54. The number of halogens is 6. The molecule has 0 fully saturated rings. The lowest BCUT2D eigenvalue weighted by Crippen LogP contribution is -2.19. The Kier molecular flexibility index (Phi) is 4.33. The first-order valence-electron chi connectivity index (χ1n) is 3.57. The third kappa shape index (κ3) is 4.27. The van der Waals surface area contributed by atoms with Crippen LogP contribution in [-0.2, 0) is 9.05 Å². The van der Waals surface area contributed by atoms with E-state index in [1.165, 1.54) is 0 Å². The molecule has 0 aliphatic carbocycles. The molecule has 1 aromatic rings. The molecule has 0 unspecified atom stereocenters. The van der Waals surface area contributed by atoms with Gasteiger partial charge in [-0.1, -0.05) is 0 Å². The highest BCUT2D eigenvalue weighted by atomic mass is 79.9. The summed E-state index contributed by atoms with van der Waals surface area (Å²) in [7, 11) is 0.482. The van der Waals surface area contributed by atoms with Crippen LogP contribution in [0.4, 0.5) is 13.2 Å². The van der Waals surface area contributed by atoms with Gasteiger partial charge in [-0.3, -0.25) is 0 Å². The fraction of sp³-hybridized carbons (Fsp3) is 0.167. The third-order valence-corrected chi connectivity index (χ3v) is 3.49. The Balaban J connectivity index is 3.47. The van der Waals surface area contributed by atoms with E-state index in [0.29, 0.717) is 0 Å². The van der Waals surface area contributed by atoms with Gasteiger partial charge in [-0.25, -0.2) is 13.4 Å². The quantitative estimate of drug-likeness (QED) is 0.545. The Labute approximate surface area is 115 Å². The van der Waals surface area contributed by atoms with E-state index in [2.05, 4.69) is 41.6 Å². The van der Waals surface area contributed by atoms with Crippen molar-refractivity contribution in [1.29, 1.82) is 0 Å². The number of aromatic nitrogens is 1. The largest absolute Gasteiger partial charge is 0.573 e. The maximum atomic E-state index is 12.1. The summed E-state index contributed by atoms with van der Waals surface area (Å²) in [4.78, 5) is 3.33.